The Morgan fingerprint density at radius 1 is 1.55 bits per heavy atom. The summed E-state index contributed by atoms with van der Waals surface area (Å²) in [6.45, 7) is 6.81. The molecule has 1 unspecified atom stereocenters. The third-order valence-corrected chi connectivity index (χ3v) is 4.18. The average Bonchev–Trinajstić information content (AvgIpc) is 2.83. The molecule has 2 fully saturated rings. The van der Waals surface area contributed by atoms with E-state index in [9.17, 15) is 14.7 Å². The van der Waals surface area contributed by atoms with Gasteiger partial charge in [-0.2, -0.15) is 0 Å². The SMILES string of the molecule is C=C[C@@H]1OCCC[C@H]1NC(=O)N1CCC(C)(C(=O)O)C1. The highest BCUT2D eigenvalue weighted by molar-refractivity contribution is 5.79. The van der Waals surface area contributed by atoms with Crippen molar-refractivity contribution in [3.8, 4) is 0 Å². The van der Waals surface area contributed by atoms with Gasteiger partial charge >= 0.3 is 12.0 Å². The number of hydrogen-bond donors (Lipinski definition) is 2. The standard InChI is InChI=1S/C14H22N2O4/c1-3-11-10(5-4-8-20-11)15-13(19)16-7-6-14(2,9-16)12(17)18/h3,10-11H,1,4-9H2,2H3,(H,15,19)(H,17,18)/t10-,11+,14?/m1/s1. The van der Waals surface area contributed by atoms with Crippen LogP contribution in [-0.4, -0.2) is 53.8 Å². The molecule has 0 radical (unpaired) electrons. The van der Waals surface area contributed by atoms with Crippen LogP contribution < -0.4 is 5.32 Å². The van der Waals surface area contributed by atoms with Gasteiger partial charge in [0.1, 0.15) is 0 Å². The Balaban J connectivity index is 1.92. The molecule has 3 atom stereocenters. The minimum absolute atomic E-state index is 0.0783. The van der Waals surface area contributed by atoms with Crippen LogP contribution in [0.4, 0.5) is 4.79 Å². The number of ether oxygens (including phenoxy) is 1. The second-order valence-electron chi connectivity index (χ2n) is 5.81. The molecule has 0 saturated carbocycles. The van der Waals surface area contributed by atoms with Crippen LogP contribution in [0.5, 0.6) is 0 Å². The molecule has 0 aliphatic carbocycles. The Kier molecular flexibility index (Phi) is 4.32. The number of hydrogen-bond acceptors (Lipinski definition) is 3. The number of likely N-dealkylation sites (tertiary alicyclic amines) is 1. The van der Waals surface area contributed by atoms with Gasteiger partial charge in [0.2, 0.25) is 0 Å². The Labute approximate surface area is 118 Å². The Hall–Kier alpha value is -1.56. The Morgan fingerprint density at radius 2 is 2.30 bits per heavy atom. The third kappa shape index (κ3) is 2.95. The first-order chi connectivity index (χ1) is 9.46. The summed E-state index contributed by atoms with van der Waals surface area (Å²) >= 11 is 0. The summed E-state index contributed by atoms with van der Waals surface area (Å²) in [7, 11) is 0. The first kappa shape index (κ1) is 14.8. The minimum Gasteiger partial charge on any atom is -0.481 e. The number of carbonyl (C=O) groups excluding carboxylic acids is 1. The molecule has 2 aliphatic rings. The van der Waals surface area contributed by atoms with E-state index in [2.05, 4.69) is 11.9 Å². The minimum atomic E-state index is -0.849. The van der Waals surface area contributed by atoms with Crippen LogP contribution in [0.1, 0.15) is 26.2 Å². The molecule has 2 rings (SSSR count). The molecular formula is C14H22N2O4. The van der Waals surface area contributed by atoms with Crippen LogP contribution in [-0.2, 0) is 9.53 Å². The normalized spacial score (nSPS) is 33.8. The molecule has 20 heavy (non-hydrogen) atoms. The number of rotatable bonds is 3. The summed E-state index contributed by atoms with van der Waals surface area (Å²) in [4.78, 5) is 25.0. The predicted octanol–water partition coefficient (Wildman–Crippen LogP) is 1.23. The van der Waals surface area contributed by atoms with Gasteiger partial charge < -0.3 is 20.1 Å². The number of nitrogens with zero attached hydrogens (tertiary/aromatic N) is 1. The Morgan fingerprint density at radius 3 is 2.90 bits per heavy atom. The molecule has 2 heterocycles. The summed E-state index contributed by atoms with van der Waals surface area (Å²) < 4.78 is 5.54. The molecule has 2 aliphatic heterocycles. The fourth-order valence-electron chi connectivity index (χ4n) is 2.75. The van der Waals surface area contributed by atoms with Crippen LogP contribution in [0, 0.1) is 5.41 Å². The van der Waals surface area contributed by atoms with E-state index in [4.69, 9.17) is 4.74 Å². The zero-order valence-corrected chi connectivity index (χ0v) is 11.8. The third-order valence-electron chi connectivity index (χ3n) is 4.18. The van der Waals surface area contributed by atoms with Gasteiger partial charge in [-0.15, -0.1) is 6.58 Å². The number of carboxylic acid groups (broad SMARTS) is 1. The molecule has 6 nitrogen and oxygen atoms in total. The summed E-state index contributed by atoms with van der Waals surface area (Å²) in [5.41, 5.74) is -0.835. The second-order valence-corrected chi connectivity index (χ2v) is 5.81. The highest BCUT2D eigenvalue weighted by Crippen LogP contribution is 2.30. The molecule has 112 valence electrons. The summed E-state index contributed by atoms with van der Waals surface area (Å²) in [5, 5.41) is 12.1. The lowest BCUT2D eigenvalue weighted by Gasteiger charge is -2.32. The fraction of sp³-hybridized carbons (Fsp3) is 0.714. The molecule has 2 N–H and O–H groups in total. The highest BCUT2D eigenvalue weighted by Gasteiger charge is 2.42. The van der Waals surface area contributed by atoms with Crippen LogP contribution >= 0.6 is 0 Å². The smallest absolute Gasteiger partial charge is 0.317 e. The van der Waals surface area contributed by atoms with Crippen LogP contribution in [0.15, 0.2) is 12.7 Å². The van der Waals surface area contributed by atoms with Gasteiger partial charge in [0, 0.05) is 19.7 Å². The van der Waals surface area contributed by atoms with E-state index in [1.54, 1.807) is 17.9 Å². The molecule has 0 aromatic carbocycles. The van der Waals surface area contributed by atoms with Gasteiger partial charge in [-0.25, -0.2) is 4.79 Å². The quantitative estimate of drug-likeness (QED) is 0.763. The van der Waals surface area contributed by atoms with Gasteiger partial charge in [-0.1, -0.05) is 6.08 Å². The highest BCUT2D eigenvalue weighted by atomic mass is 16.5. The Bertz CT molecular complexity index is 412. The van der Waals surface area contributed by atoms with Crippen molar-refractivity contribution in [3.05, 3.63) is 12.7 Å². The van der Waals surface area contributed by atoms with Gasteiger partial charge in [0.05, 0.1) is 17.6 Å². The topological polar surface area (TPSA) is 78.9 Å². The van der Waals surface area contributed by atoms with Crippen molar-refractivity contribution in [2.45, 2.75) is 38.3 Å². The van der Waals surface area contributed by atoms with E-state index in [0.29, 0.717) is 19.6 Å². The van der Waals surface area contributed by atoms with Gasteiger partial charge in [-0.3, -0.25) is 4.79 Å². The molecule has 0 aromatic rings. The van der Waals surface area contributed by atoms with Gasteiger partial charge in [0.15, 0.2) is 0 Å². The molecule has 2 amide bonds. The first-order valence-electron chi connectivity index (χ1n) is 6.99. The maximum atomic E-state index is 12.2. The largest absolute Gasteiger partial charge is 0.481 e. The number of amides is 2. The van der Waals surface area contributed by atoms with Crippen LogP contribution in [0.3, 0.4) is 0 Å². The van der Waals surface area contributed by atoms with Crippen molar-refractivity contribution in [1.82, 2.24) is 10.2 Å². The van der Waals surface area contributed by atoms with E-state index in [1.165, 1.54) is 0 Å². The van der Waals surface area contributed by atoms with E-state index < -0.39 is 11.4 Å². The maximum Gasteiger partial charge on any atom is 0.317 e. The summed E-state index contributed by atoms with van der Waals surface area (Å²) in [5.74, 6) is -0.849. The zero-order valence-electron chi connectivity index (χ0n) is 11.8. The molecule has 6 heteroatoms. The number of aliphatic carboxylic acids is 1. The van der Waals surface area contributed by atoms with E-state index in [0.717, 1.165) is 12.8 Å². The van der Waals surface area contributed by atoms with Crippen LogP contribution in [0.25, 0.3) is 0 Å². The summed E-state index contributed by atoms with van der Waals surface area (Å²) in [6.07, 6.45) is 3.78. The number of nitrogens with one attached hydrogen (secondary N) is 1. The van der Waals surface area contributed by atoms with Crippen molar-refractivity contribution in [2.75, 3.05) is 19.7 Å². The van der Waals surface area contributed by atoms with E-state index in [1.807, 2.05) is 0 Å². The number of carbonyl (C=O) groups is 2. The lowest BCUT2D eigenvalue weighted by Crippen LogP contribution is -2.51. The van der Waals surface area contributed by atoms with Crippen LogP contribution in [0.2, 0.25) is 0 Å². The maximum absolute atomic E-state index is 12.2. The average molecular weight is 282 g/mol. The van der Waals surface area contributed by atoms with Crippen molar-refractivity contribution in [1.29, 1.82) is 0 Å². The lowest BCUT2D eigenvalue weighted by atomic mass is 9.90. The van der Waals surface area contributed by atoms with Crippen molar-refractivity contribution in [3.63, 3.8) is 0 Å². The second kappa shape index (κ2) is 5.83. The fourth-order valence-corrected chi connectivity index (χ4v) is 2.75. The molecular weight excluding hydrogens is 260 g/mol. The molecule has 2 saturated heterocycles. The molecule has 0 aromatic heterocycles. The number of carboxylic acids is 1. The summed E-state index contributed by atoms with van der Waals surface area (Å²) in [6, 6.07) is -0.289. The van der Waals surface area contributed by atoms with E-state index >= 15 is 0 Å². The number of urea groups is 1. The molecule has 0 bridgehead atoms. The van der Waals surface area contributed by atoms with Gasteiger partial charge in [0.25, 0.3) is 0 Å². The monoisotopic (exact) mass is 282 g/mol. The lowest BCUT2D eigenvalue weighted by molar-refractivity contribution is -0.147. The van der Waals surface area contributed by atoms with Crippen molar-refractivity contribution in [2.24, 2.45) is 5.41 Å². The van der Waals surface area contributed by atoms with Crippen molar-refractivity contribution >= 4 is 12.0 Å². The van der Waals surface area contributed by atoms with E-state index in [-0.39, 0.29) is 24.7 Å². The zero-order chi connectivity index (χ0) is 14.8. The van der Waals surface area contributed by atoms with Crippen molar-refractivity contribution < 1.29 is 19.4 Å². The predicted molar refractivity (Wildman–Crippen MR) is 73.4 cm³/mol. The first-order valence-corrected chi connectivity index (χ1v) is 6.99. The van der Waals surface area contributed by atoms with Gasteiger partial charge in [-0.05, 0) is 26.2 Å². The molecule has 0 spiro atoms.